The maximum atomic E-state index is 2.59. The van der Waals surface area contributed by atoms with Crippen molar-refractivity contribution in [1.82, 2.24) is 0 Å². The summed E-state index contributed by atoms with van der Waals surface area (Å²) in [5.74, 6) is 3.77. The second-order valence-electron chi connectivity index (χ2n) is 29.3. The van der Waals surface area contributed by atoms with E-state index >= 15 is 0 Å². The smallest absolute Gasteiger partial charge is 0.0736 e. The predicted molar refractivity (Wildman–Crippen MR) is 454 cm³/mol. The molecular weight excluding hydrogens is 1360 g/mol. The summed E-state index contributed by atoms with van der Waals surface area (Å²) >= 11 is 16.7. The largest absolute Gasteiger partial charge is 0.143 e. The van der Waals surface area contributed by atoms with Crippen LogP contribution < -0.4 is 0 Å². The highest BCUT2D eigenvalue weighted by Crippen LogP contribution is 2.70. The van der Waals surface area contributed by atoms with Crippen LogP contribution in [0.3, 0.4) is 0 Å². The van der Waals surface area contributed by atoms with E-state index in [4.69, 9.17) is 0 Å². The second-order valence-corrected chi connectivity index (χ2v) is 38.0. The standard InChI is InChI=1S/C92H110S8/c1-9-17-23-27-33-65-37-45-69(46-38-65)91(70-47-39-66(40-48-70)34-28-24-18-10-2)73-57-59-93-85(73)89-83(91)81-79(75-53-55-77(97-75)95-61-63(15-7)31-21-13-5)88-82(80(87(81)99-89)76-54-56-78(98-76)96-62-64(16-8)32-22-14-6)84-90(100-88)86-74(58-60-94-86)92(84,71-49-41-67(42-50-71)35-29-25-19-11-3)72-51-43-68(44-52-72)36-30-26-20-12-4/h37-60,63-64H,9-36,61-62H2,1-8H3. The van der Waals surface area contributed by atoms with Gasteiger partial charge in [0.1, 0.15) is 0 Å². The summed E-state index contributed by atoms with van der Waals surface area (Å²) in [5, 5.41) is 7.83. The summed E-state index contributed by atoms with van der Waals surface area (Å²) in [6.07, 6.45) is 35.1. The third kappa shape index (κ3) is 14.9. The van der Waals surface area contributed by atoms with Gasteiger partial charge < -0.3 is 0 Å². The molecule has 0 fully saturated rings. The molecule has 6 aromatic heterocycles. The van der Waals surface area contributed by atoms with Gasteiger partial charge in [-0.25, -0.2) is 0 Å². The van der Waals surface area contributed by atoms with Gasteiger partial charge in [0.2, 0.25) is 0 Å². The van der Waals surface area contributed by atoms with Gasteiger partial charge in [-0.2, -0.15) is 0 Å². The third-order valence-electron chi connectivity index (χ3n) is 22.6. The molecule has 0 amide bonds. The monoisotopic (exact) mass is 1470 g/mol. The molecule has 5 aromatic carbocycles. The number of rotatable bonds is 40. The molecule has 0 N–H and O–H groups in total. The highest BCUT2D eigenvalue weighted by atomic mass is 32.2. The summed E-state index contributed by atoms with van der Waals surface area (Å²) in [4.78, 5) is 8.68. The first-order chi connectivity index (χ1) is 49.3. The minimum absolute atomic E-state index is 0.558. The van der Waals surface area contributed by atoms with Crippen LogP contribution in [0, 0.1) is 11.8 Å². The molecule has 526 valence electrons. The molecule has 2 aliphatic carbocycles. The van der Waals surface area contributed by atoms with Gasteiger partial charge in [-0.15, -0.1) is 91.5 Å². The first-order valence-corrected chi connectivity index (χ1v) is 46.4. The molecule has 11 aromatic rings. The molecule has 2 unspecified atom stereocenters. The van der Waals surface area contributed by atoms with E-state index in [2.05, 4.69) is 268 Å². The fourth-order valence-corrected chi connectivity index (χ4v) is 26.9. The lowest BCUT2D eigenvalue weighted by atomic mass is 9.66. The van der Waals surface area contributed by atoms with Crippen LogP contribution in [0.1, 0.15) is 276 Å². The van der Waals surface area contributed by atoms with E-state index in [1.165, 1.54) is 301 Å². The van der Waals surface area contributed by atoms with E-state index < -0.39 is 10.8 Å². The van der Waals surface area contributed by atoms with Gasteiger partial charge >= 0.3 is 0 Å². The Morgan fingerprint density at radius 3 is 0.940 bits per heavy atom. The van der Waals surface area contributed by atoms with Crippen molar-refractivity contribution in [2.45, 2.75) is 254 Å². The second kappa shape index (κ2) is 35.1. The molecule has 6 heterocycles. The van der Waals surface area contributed by atoms with Crippen LogP contribution in [0.5, 0.6) is 0 Å². The number of benzene rings is 5. The molecule has 13 rings (SSSR count). The Balaban J connectivity index is 1.14. The lowest BCUT2D eigenvalue weighted by Crippen LogP contribution is -2.29. The zero-order valence-electron chi connectivity index (χ0n) is 61.5. The number of hydrogen-bond donors (Lipinski definition) is 0. The van der Waals surface area contributed by atoms with Gasteiger partial charge in [0.25, 0.3) is 0 Å². The van der Waals surface area contributed by atoms with Crippen molar-refractivity contribution < 1.29 is 0 Å². The molecule has 0 aliphatic heterocycles. The Kier molecular flexibility index (Phi) is 25.9. The fourth-order valence-electron chi connectivity index (χ4n) is 16.8. The summed E-state index contributed by atoms with van der Waals surface area (Å²) in [5.41, 5.74) is 19.2. The molecule has 0 bridgehead atoms. The molecule has 0 spiro atoms. The number of aryl methyl sites for hydroxylation is 4. The molecular formula is C92H110S8. The van der Waals surface area contributed by atoms with Crippen molar-refractivity contribution in [3.8, 4) is 40.4 Å². The number of fused-ring (bicyclic) bond motifs is 10. The fraction of sp³-hybridized carbons (Fsp3) is 0.457. The summed E-state index contributed by atoms with van der Waals surface area (Å²) < 4.78 is 5.83. The molecule has 2 aliphatic rings. The minimum Gasteiger partial charge on any atom is -0.143 e. The van der Waals surface area contributed by atoms with Crippen molar-refractivity contribution >= 4 is 112 Å². The van der Waals surface area contributed by atoms with E-state index in [9.17, 15) is 0 Å². The van der Waals surface area contributed by atoms with Crippen LogP contribution in [-0.2, 0) is 36.5 Å². The summed E-state index contributed by atoms with van der Waals surface area (Å²) in [6, 6.07) is 56.2. The van der Waals surface area contributed by atoms with E-state index in [0.29, 0.717) is 0 Å². The highest BCUT2D eigenvalue weighted by Gasteiger charge is 2.53. The van der Waals surface area contributed by atoms with Gasteiger partial charge in [0, 0.05) is 62.3 Å². The summed E-state index contributed by atoms with van der Waals surface area (Å²) in [7, 11) is 0. The molecule has 0 saturated carbocycles. The predicted octanol–water partition coefficient (Wildman–Crippen LogP) is 31.5. The lowest BCUT2D eigenvalue weighted by molar-refractivity contribution is 0.499. The average molecular weight is 1470 g/mol. The maximum absolute atomic E-state index is 2.59. The average Bonchev–Trinajstić information content (AvgIpc) is 1.49. The molecule has 0 saturated heterocycles. The molecule has 2 atom stereocenters. The highest BCUT2D eigenvalue weighted by molar-refractivity contribution is 8.01. The Morgan fingerprint density at radius 2 is 0.640 bits per heavy atom. The van der Waals surface area contributed by atoms with E-state index in [0.717, 1.165) is 37.5 Å². The van der Waals surface area contributed by atoms with Crippen molar-refractivity contribution in [1.29, 1.82) is 0 Å². The van der Waals surface area contributed by atoms with Crippen molar-refractivity contribution in [2.75, 3.05) is 11.5 Å². The van der Waals surface area contributed by atoms with Crippen LogP contribution in [0.2, 0.25) is 0 Å². The quantitative estimate of drug-likeness (QED) is 0.0277. The van der Waals surface area contributed by atoms with Crippen molar-refractivity contribution in [3.63, 3.8) is 0 Å². The van der Waals surface area contributed by atoms with Gasteiger partial charge in [0.15, 0.2) is 0 Å². The number of thiophene rings is 6. The van der Waals surface area contributed by atoms with Crippen LogP contribution >= 0.6 is 91.5 Å². The van der Waals surface area contributed by atoms with Gasteiger partial charge in [-0.05, 0) is 190 Å². The zero-order valence-corrected chi connectivity index (χ0v) is 68.0. The van der Waals surface area contributed by atoms with Gasteiger partial charge in [-0.1, -0.05) is 268 Å². The maximum Gasteiger partial charge on any atom is 0.0736 e. The van der Waals surface area contributed by atoms with Crippen LogP contribution in [0.25, 0.3) is 60.6 Å². The number of thioether (sulfide) groups is 2. The molecule has 100 heavy (non-hydrogen) atoms. The topological polar surface area (TPSA) is 0 Å². The van der Waals surface area contributed by atoms with E-state index in [1.54, 1.807) is 0 Å². The Bertz CT molecular complexity index is 3980. The normalized spacial score (nSPS) is 14.2. The Morgan fingerprint density at radius 1 is 0.320 bits per heavy atom. The summed E-state index contributed by atoms with van der Waals surface area (Å²) in [6.45, 7) is 18.9. The Hall–Kier alpha value is -4.48. The van der Waals surface area contributed by atoms with E-state index in [-0.39, 0.29) is 0 Å². The number of unbranched alkanes of at least 4 members (excludes halogenated alkanes) is 14. The van der Waals surface area contributed by atoms with Crippen LogP contribution in [0.4, 0.5) is 0 Å². The van der Waals surface area contributed by atoms with Crippen molar-refractivity contribution in [2.24, 2.45) is 11.8 Å². The lowest BCUT2D eigenvalue weighted by Gasteiger charge is -2.35. The first kappa shape index (κ1) is 73.8. The molecule has 8 heteroatoms. The van der Waals surface area contributed by atoms with Gasteiger partial charge in [0.05, 0.1) is 29.0 Å². The van der Waals surface area contributed by atoms with E-state index in [1.807, 2.05) is 22.7 Å². The number of hydrogen-bond acceptors (Lipinski definition) is 8. The molecule has 0 nitrogen and oxygen atoms in total. The van der Waals surface area contributed by atoms with Gasteiger partial charge in [-0.3, -0.25) is 0 Å². The Labute approximate surface area is 635 Å². The first-order valence-electron chi connectivity index (χ1n) is 39.4. The molecule has 0 radical (unpaired) electrons. The van der Waals surface area contributed by atoms with Crippen LogP contribution in [-0.4, -0.2) is 11.5 Å². The zero-order chi connectivity index (χ0) is 69.0. The SMILES string of the molecule is CCCCCCc1ccc(C2(c3ccc(CCCCCC)cc3)c3ccsc3-c3sc4c(-c5ccc(SCC(CC)CCCC)s5)c5c6c(sc5c(-c5ccc(SCC(CC)CCCC)s5)c4c32)-c2sccc2C6(c2ccc(CCCCCC)cc2)c2ccc(CCCCCC)cc2)cc1. The van der Waals surface area contributed by atoms with Crippen molar-refractivity contribution in [3.05, 3.63) is 211 Å². The third-order valence-corrected chi connectivity index (χ3v) is 32.3. The van der Waals surface area contributed by atoms with Crippen LogP contribution in [0.15, 0.2) is 153 Å². The minimum atomic E-state index is -0.558.